The molecule has 0 aliphatic carbocycles. The van der Waals surface area contributed by atoms with Gasteiger partial charge in [0.25, 0.3) is 5.91 Å². The first-order chi connectivity index (χ1) is 7.68. The summed E-state index contributed by atoms with van der Waals surface area (Å²) in [4.78, 5) is 18.1. The summed E-state index contributed by atoms with van der Waals surface area (Å²) in [5.74, 6) is 0.0206. The van der Waals surface area contributed by atoms with E-state index in [4.69, 9.17) is 5.73 Å². The fraction of sp³-hybridized carbons (Fsp3) is 0.500. The molecule has 16 heavy (non-hydrogen) atoms. The van der Waals surface area contributed by atoms with Gasteiger partial charge >= 0.3 is 0 Å². The normalized spacial score (nSPS) is 20.8. The first-order valence-corrected chi connectivity index (χ1v) is 5.71. The maximum Gasteiger partial charge on any atom is 0.272 e. The number of nitrogen functional groups attached to an aromatic ring is 1. The van der Waals surface area contributed by atoms with Gasteiger partial charge in [0.1, 0.15) is 5.69 Å². The zero-order chi connectivity index (χ0) is 11.5. The van der Waals surface area contributed by atoms with Gasteiger partial charge in [0, 0.05) is 12.6 Å². The molecule has 1 atom stereocenters. The lowest BCUT2D eigenvalue weighted by Crippen LogP contribution is -2.42. The zero-order valence-electron chi connectivity index (χ0n) is 9.52. The van der Waals surface area contributed by atoms with Gasteiger partial charge in [-0.2, -0.15) is 0 Å². The molecule has 1 amide bonds. The highest BCUT2D eigenvalue weighted by molar-refractivity contribution is 5.92. The van der Waals surface area contributed by atoms with Crippen LogP contribution in [0.4, 0.5) is 5.69 Å². The number of nitrogens with two attached hydrogens (primary N) is 1. The number of amides is 1. The van der Waals surface area contributed by atoms with E-state index in [1.807, 2.05) is 4.90 Å². The maximum atomic E-state index is 12.1. The zero-order valence-corrected chi connectivity index (χ0v) is 9.52. The molecule has 2 N–H and O–H groups in total. The number of anilines is 1. The molecule has 0 aromatic carbocycles. The fourth-order valence-corrected chi connectivity index (χ4v) is 2.08. The Morgan fingerprint density at radius 2 is 2.31 bits per heavy atom. The van der Waals surface area contributed by atoms with Crippen molar-refractivity contribution >= 4 is 11.6 Å². The molecular weight excluding hydrogens is 202 g/mol. The van der Waals surface area contributed by atoms with E-state index in [1.165, 1.54) is 12.6 Å². The number of likely N-dealkylation sites (tertiary alicyclic amines) is 1. The third kappa shape index (κ3) is 2.15. The Hall–Kier alpha value is -1.58. The highest BCUT2D eigenvalue weighted by atomic mass is 16.2. The maximum absolute atomic E-state index is 12.1. The second kappa shape index (κ2) is 4.51. The second-order valence-corrected chi connectivity index (χ2v) is 4.32. The first-order valence-electron chi connectivity index (χ1n) is 5.71. The minimum atomic E-state index is 0.0206. The summed E-state index contributed by atoms with van der Waals surface area (Å²) < 4.78 is 0. The smallest absolute Gasteiger partial charge is 0.272 e. The molecule has 0 bridgehead atoms. The largest absolute Gasteiger partial charge is 0.397 e. The van der Waals surface area contributed by atoms with E-state index in [9.17, 15) is 4.79 Å². The molecule has 86 valence electrons. The van der Waals surface area contributed by atoms with Gasteiger partial charge in [0.15, 0.2) is 0 Å². The molecule has 0 saturated carbocycles. The van der Waals surface area contributed by atoms with Crippen LogP contribution in [0.1, 0.15) is 36.7 Å². The Morgan fingerprint density at radius 3 is 2.94 bits per heavy atom. The van der Waals surface area contributed by atoms with Crippen LogP contribution >= 0.6 is 0 Å². The van der Waals surface area contributed by atoms with E-state index in [-0.39, 0.29) is 5.91 Å². The number of carbonyl (C=O) groups is 1. The van der Waals surface area contributed by atoms with Crippen LogP contribution in [-0.4, -0.2) is 28.4 Å². The van der Waals surface area contributed by atoms with Gasteiger partial charge in [-0.25, -0.2) is 4.98 Å². The minimum Gasteiger partial charge on any atom is -0.397 e. The van der Waals surface area contributed by atoms with Crippen molar-refractivity contribution in [1.29, 1.82) is 0 Å². The molecule has 1 aliphatic heterocycles. The third-order valence-corrected chi connectivity index (χ3v) is 3.07. The van der Waals surface area contributed by atoms with Crippen molar-refractivity contribution in [2.45, 2.75) is 32.2 Å². The van der Waals surface area contributed by atoms with E-state index < -0.39 is 0 Å². The topological polar surface area (TPSA) is 59.2 Å². The van der Waals surface area contributed by atoms with Crippen LogP contribution in [0.15, 0.2) is 18.3 Å². The van der Waals surface area contributed by atoms with Crippen LogP contribution < -0.4 is 5.73 Å². The van der Waals surface area contributed by atoms with Crippen molar-refractivity contribution in [2.75, 3.05) is 12.3 Å². The first kappa shape index (κ1) is 10.9. The molecule has 4 nitrogen and oxygen atoms in total. The molecule has 1 aromatic rings. The van der Waals surface area contributed by atoms with Crippen molar-refractivity contribution in [3.05, 3.63) is 24.0 Å². The predicted molar refractivity (Wildman–Crippen MR) is 63.0 cm³/mol. The van der Waals surface area contributed by atoms with E-state index >= 15 is 0 Å². The van der Waals surface area contributed by atoms with Crippen molar-refractivity contribution in [1.82, 2.24) is 9.88 Å². The average Bonchev–Trinajstić information content (AvgIpc) is 2.30. The number of piperidine rings is 1. The van der Waals surface area contributed by atoms with Crippen LogP contribution in [0.25, 0.3) is 0 Å². The second-order valence-electron chi connectivity index (χ2n) is 4.32. The van der Waals surface area contributed by atoms with Crippen molar-refractivity contribution in [3.63, 3.8) is 0 Å². The monoisotopic (exact) mass is 219 g/mol. The summed E-state index contributed by atoms with van der Waals surface area (Å²) in [6.07, 6.45) is 4.91. The number of hydrogen-bond donors (Lipinski definition) is 1. The van der Waals surface area contributed by atoms with Crippen molar-refractivity contribution in [3.8, 4) is 0 Å². The van der Waals surface area contributed by atoms with Crippen molar-refractivity contribution < 1.29 is 4.79 Å². The van der Waals surface area contributed by atoms with Gasteiger partial charge < -0.3 is 10.6 Å². The summed E-state index contributed by atoms with van der Waals surface area (Å²) in [5.41, 5.74) is 6.62. The van der Waals surface area contributed by atoms with Crippen LogP contribution in [-0.2, 0) is 0 Å². The number of hydrogen-bond acceptors (Lipinski definition) is 3. The standard InChI is InChI=1S/C12H17N3O/c1-9-4-2-3-7-15(9)12(16)11-6-5-10(13)8-14-11/h5-6,8-9H,2-4,7,13H2,1H3. The molecule has 0 radical (unpaired) electrons. The Balaban J connectivity index is 2.14. The molecule has 4 heteroatoms. The highest BCUT2D eigenvalue weighted by Gasteiger charge is 2.24. The minimum absolute atomic E-state index is 0.0206. The van der Waals surface area contributed by atoms with Gasteiger partial charge in [0.2, 0.25) is 0 Å². The molecule has 1 saturated heterocycles. The lowest BCUT2D eigenvalue weighted by molar-refractivity contribution is 0.0629. The number of aromatic nitrogens is 1. The van der Waals surface area contributed by atoms with Crippen LogP contribution in [0, 0.1) is 0 Å². The molecule has 1 aliphatic rings. The lowest BCUT2D eigenvalue weighted by Gasteiger charge is -2.33. The molecule has 1 fully saturated rings. The molecule has 1 aromatic heterocycles. The van der Waals surface area contributed by atoms with Gasteiger partial charge in [-0.1, -0.05) is 0 Å². The van der Waals surface area contributed by atoms with Crippen molar-refractivity contribution in [2.24, 2.45) is 0 Å². The third-order valence-electron chi connectivity index (χ3n) is 3.07. The van der Waals surface area contributed by atoms with E-state index in [2.05, 4.69) is 11.9 Å². The molecule has 2 rings (SSSR count). The van der Waals surface area contributed by atoms with E-state index in [1.54, 1.807) is 12.1 Å². The lowest BCUT2D eigenvalue weighted by atomic mass is 10.0. The number of pyridine rings is 1. The molecular formula is C12H17N3O. The van der Waals surface area contributed by atoms with Gasteiger partial charge in [-0.15, -0.1) is 0 Å². The Morgan fingerprint density at radius 1 is 1.50 bits per heavy atom. The van der Waals surface area contributed by atoms with Crippen LogP contribution in [0.3, 0.4) is 0 Å². The van der Waals surface area contributed by atoms with E-state index in [0.717, 1.165) is 19.4 Å². The van der Waals surface area contributed by atoms with Crippen LogP contribution in [0.5, 0.6) is 0 Å². The van der Waals surface area contributed by atoms with Gasteiger partial charge in [-0.05, 0) is 38.3 Å². The Bertz CT molecular complexity index is 374. The van der Waals surface area contributed by atoms with Gasteiger partial charge in [-0.3, -0.25) is 4.79 Å². The quantitative estimate of drug-likeness (QED) is 0.781. The summed E-state index contributed by atoms with van der Waals surface area (Å²) in [7, 11) is 0. The van der Waals surface area contributed by atoms with E-state index in [0.29, 0.717) is 17.4 Å². The average molecular weight is 219 g/mol. The summed E-state index contributed by atoms with van der Waals surface area (Å²) in [5, 5.41) is 0. The van der Waals surface area contributed by atoms with Gasteiger partial charge in [0.05, 0.1) is 11.9 Å². The Kier molecular flexibility index (Phi) is 3.08. The number of nitrogens with zero attached hydrogens (tertiary/aromatic N) is 2. The molecule has 0 spiro atoms. The highest BCUT2D eigenvalue weighted by Crippen LogP contribution is 2.18. The predicted octanol–water partition coefficient (Wildman–Crippen LogP) is 1.68. The number of rotatable bonds is 1. The Labute approximate surface area is 95.5 Å². The fourth-order valence-electron chi connectivity index (χ4n) is 2.08. The number of carbonyl (C=O) groups excluding carboxylic acids is 1. The summed E-state index contributed by atoms with van der Waals surface area (Å²) >= 11 is 0. The molecule has 2 heterocycles. The van der Waals surface area contributed by atoms with Crippen LogP contribution in [0.2, 0.25) is 0 Å². The summed E-state index contributed by atoms with van der Waals surface area (Å²) in [6.45, 7) is 2.93. The molecule has 1 unspecified atom stereocenters. The SMILES string of the molecule is CC1CCCCN1C(=O)c1ccc(N)cn1. The summed E-state index contributed by atoms with van der Waals surface area (Å²) in [6, 6.07) is 3.73.